The van der Waals surface area contributed by atoms with Crippen molar-refractivity contribution >= 4 is 11.9 Å². The first-order valence-electron chi connectivity index (χ1n) is 10.1. The molecule has 3 rings (SSSR count). The molecule has 1 aromatic rings. The third-order valence-corrected chi connectivity index (χ3v) is 6.02. The summed E-state index contributed by atoms with van der Waals surface area (Å²) < 4.78 is 62.9. The Morgan fingerprint density at radius 2 is 1.79 bits per heavy atom. The van der Waals surface area contributed by atoms with Gasteiger partial charge in [0.1, 0.15) is 17.6 Å². The van der Waals surface area contributed by atoms with Crippen LogP contribution in [0, 0.1) is 11.3 Å². The number of aliphatic hydroxyl groups is 1. The molecule has 0 fully saturated rings. The number of ether oxygens (including phenoxy) is 4. The molecule has 1 aliphatic heterocycles. The molecule has 1 aromatic carbocycles. The normalized spacial score (nSPS) is 26.6. The second kappa shape index (κ2) is 8.43. The lowest BCUT2D eigenvalue weighted by Crippen LogP contribution is -2.60. The molecule has 33 heavy (non-hydrogen) atoms. The third kappa shape index (κ3) is 4.09. The van der Waals surface area contributed by atoms with E-state index in [2.05, 4.69) is 4.74 Å². The second-order valence-electron chi connectivity index (χ2n) is 8.82. The molecule has 2 aliphatic rings. The van der Waals surface area contributed by atoms with E-state index in [1.165, 1.54) is 32.4 Å². The number of alkyl halides is 3. The number of carbonyl (C=O) groups excluding carboxylic acids is 2. The molecular weight excluding hydrogens is 445 g/mol. The fraction of sp³-hybridized carbons (Fsp3) is 0.522. The summed E-state index contributed by atoms with van der Waals surface area (Å²) in [6, 6.07) is 4.30. The van der Waals surface area contributed by atoms with Gasteiger partial charge in [0.15, 0.2) is 11.5 Å². The van der Waals surface area contributed by atoms with Crippen LogP contribution in [-0.2, 0) is 19.1 Å². The number of hydrogen-bond donors (Lipinski definition) is 1. The maximum atomic E-state index is 14.2. The molecule has 10 heteroatoms. The van der Waals surface area contributed by atoms with Crippen LogP contribution < -0.4 is 9.47 Å². The van der Waals surface area contributed by atoms with Crippen LogP contribution in [0.25, 0.3) is 0 Å². The van der Waals surface area contributed by atoms with Gasteiger partial charge >= 0.3 is 17.9 Å². The van der Waals surface area contributed by atoms with E-state index in [1.807, 2.05) is 5.94 Å². The maximum absolute atomic E-state index is 14.2. The minimum absolute atomic E-state index is 0.00356. The molecule has 3 atom stereocenters. The minimum atomic E-state index is -5.36. The van der Waals surface area contributed by atoms with Gasteiger partial charge in [-0.3, -0.25) is 4.79 Å². The summed E-state index contributed by atoms with van der Waals surface area (Å²) in [7, 11) is 3.65. The lowest BCUT2D eigenvalue weighted by atomic mass is 9.65. The standard InChI is InChI=1S/C23H25F3O7/c1-21(2)9-13(11-27)17-16(10-21)33-22(29,23(24,25)26)19(20(28)32-5)18(17)12-6-7-14(30-3)15(8-12)31-4/h6-8,18-19,29H,9-10H2,1-5H3/t18-,19-,22+/m1/s1. The Morgan fingerprint density at radius 3 is 2.30 bits per heavy atom. The first-order chi connectivity index (χ1) is 15.3. The molecule has 180 valence electrons. The molecule has 0 unspecified atom stereocenters. The topological polar surface area (TPSA) is 91.3 Å². The van der Waals surface area contributed by atoms with Gasteiger partial charge in [0.2, 0.25) is 0 Å². The zero-order valence-corrected chi connectivity index (χ0v) is 18.8. The summed E-state index contributed by atoms with van der Waals surface area (Å²) in [6.07, 6.45) is -5.16. The Balaban J connectivity index is 2.39. The van der Waals surface area contributed by atoms with Crippen molar-refractivity contribution in [2.45, 2.75) is 44.6 Å². The van der Waals surface area contributed by atoms with Crippen LogP contribution >= 0.6 is 0 Å². The summed E-state index contributed by atoms with van der Waals surface area (Å²) in [5, 5.41) is 10.9. The zero-order valence-electron chi connectivity index (χ0n) is 18.8. The average molecular weight is 470 g/mol. The Morgan fingerprint density at radius 1 is 1.15 bits per heavy atom. The van der Waals surface area contributed by atoms with Gasteiger partial charge in [-0.1, -0.05) is 19.9 Å². The fourth-order valence-electron chi connectivity index (χ4n) is 4.58. The predicted molar refractivity (Wildman–Crippen MR) is 109 cm³/mol. The third-order valence-electron chi connectivity index (χ3n) is 6.02. The molecule has 0 saturated heterocycles. The van der Waals surface area contributed by atoms with Gasteiger partial charge in [0, 0.05) is 23.5 Å². The Kier molecular flexibility index (Phi) is 6.30. The number of hydrogen-bond acceptors (Lipinski definition) is 7. The molecule has 0 radical (unpaired) electrons. The van der Waals surface area contributed by atoms with Crippen LogP contribution in [0.3, 0.4) is 0 Å². The van der Waals surface area contributed by atoms with Crippen LogP contribution in [-0.4, -0.2) is 50.3 Å². The Labute approximate surface area is 188 Å². The first kappa shape index (κ1) is 24.7. The highest BCUT2D eigenvalue weighted by molar-refractivity contribution is 5.78. The smallest absolute Gasteiger partial charge is 0.456 e. The van der Waals surface area contributed by atoms with E-state index in [0.29, 0.717) is 5.75 Å². The van der Waals surface area contributed by atoms with Gasteiger partial charge in [0.05, 0.1) is 21.3 Å². The number of halogens is 3. The van der Waals surface area contributed by atoms with Crippen molar-refractivity contribution < 1.29 is 46.8 Å². The van der Waals surface area contributed by atoms with E-state index in [9.17, 15) is 27.9 Å². The fourth-order valence-corrected chi connectivity index (χ4v) is 4.58. The summed E-state index contributed by atoms with van der Waals surface area (Å²) in [6.45, 7) is 3.50. The lowest BCUT2D eigenvalue weighted by Gasteiger charge is -2.48. The highest BCUT2D eigenvalue weighted by Gasteiger charge is 2.69. The second-order valence-corrected chi connectivity index (χ2v) is 8.82. The first-order valence-corrected chi connectivity index (χ1v) is 10.1. The minimum Gasteiger partial charge on any atom is -0.493 e. The van der Waals surface area contributed by atoms with Crippen LogP contribution in [0.4, 0.5) is 13.2 Å². The van der Waals surface area contributed by atoms with Crippen molar-refractivity contribution in [1.82, 2.24) is 0 Å². The highest BCUT2D eigenvalue weighted by Crippen LogP contribution is 2.58. The summed E-state index contributed by atoms with van der Waals surface area (Å²) >= 11 is 0. The molecule has 1 N–H and O–H groups in total. The van der Waals surface area contributed by atoms with Crippen molar-refractivity contribution in [3.63, 3.8) is 0 Å². The van der Waals surface area contributed by atoms with Gasteiger partial charge < -0.3 is 24.1 Å². The van der Waals surface area contributed by atoms with Crippen LogP contribution in [0.5, 0.6) is 11.5 Å². The average Bonchev–Trinajstić information content (AvgIpc) is 2.75. The molecule has 1 aliphatic carbocycles. The summed E-state index contributed by atoms with van der Waals surface area (Å²) in [5.41, 5.74) is -0.313. The quantitative estimate of drug-likeness (QED) is 0.530. The number of allylic oxidation sites excluding steroid dienone is 3. The zero-order chi connectivity index (χ0) is 24.8. The molecule has 0 spiro atoms. The van der Waals surface area contributed by atoms with E-state index < -0.39 is 35.2 Å². The number of benzene rings is 1. The summed E-state index contributed by atoms with van der Waals surface area (Å²) in [5.74, 6) is -6.84. The molecule has 0 aromatic heterocycles. The summed E-state index contributed by atoms with van der Waals surface area (Å²) in [4.78, 5) is 24.6. The Bertz CT molecular complexity index is 1040. The largest absolute Gasteiger partial charge is 0.493 e. The molecule has 0 saturated carbocycles. The van der Waals surface area contributed by atoms with Gasteiger partial charge in [-0.25, -0.2) is 4.79 Å². The number of carbonyl (C=O) groups is 1. The van der Waals surface area contributed by atoms with Crippen molar-refractivity contribution in [2.24, 2.45) is 11.3 Å². The van der Waals surface area contributed by atoms with Crippen LogP contribution in [0.15, 0.2) is 35.1 Å². The lowest BCUT2D eigenvalue weighted by molar-refractivity contribution is -0.378. The molecule has 7 nitrogen and oxygen atoms in total. The van der Waals surface area contributed by atoms with Crippen LogP contribution in [0.2, 0.25) is 0 Å². The molecule has 0 amide bonds. The SMILES string of the molecule is COC(=O)[C@H]1[C@H](c2ccc(OC)c(OC)c2)C2=C(CC(C)(C)CC2=C=O)O[C@]1(O)C(F)(F)F. The Hall–Kier alpha value is -2.97. The molecular formula is C23H25F3O7. The van der Waals surface area contributed by atoms with Crippen molar-refractivity contribution in [2.75, 3.05) is 21.3 Å². The van der Waals surface area contributed by atoms with E-state index in [0.717, 1.165) is 7.11 Å². The number of methoxy groups -OCH3 is 3. The van der Waals surface area contributed by atoms with Gasteiger partial charge in [-0.05, 0) is 29.5 Å². The highest BCUT2D eigenvalue weighted by atomic mass is 19.4. The number of rotatable bonds is 4. The van der Waals surface area contributed by atoms with E-state index in [-0.39, 0.29) is 41.1 Å². The predicted octanol–water partition coefficient (Wildman–Crippen LogP) is 3.69. The van der Waals surface area contributed by atoms with Gasteiger partial charge in [-0.2, -0.15) is 13.2 Å². The van der Waals surface area contributed by atoms with Gasteiger partial charge in [0.25, 0.3) is 0 Å². The van der Waals surface area contributed by atoms with Crippen LogP contribution in [0.1, 0.15) is 38.2 Å². The van der Waals surface area contributed by atoms with E-state index >= 15 is 0 Å². The monoisotopic (exact) mass is 470 g/mol. The molecule has 1 heterocycles. The molecule has 0 bridgehead atoms. The maximum Gasteiger partial charge on any atom is 0.456 e. The van der Waals surface area contributed by atoms with Crippen molar-refractivity contribution in [3.8, 4) is 11.5 Å². The van der Waals surface area contributed by atoms with E-state index in [1.54, 1.807) is 13.8 Å². The van der Waals surface area contributed by atoms with Crippen molar-refractivity contribution in [1.29, 1.82) is 0 Å². The van der Waals surface area contributed by atoms with Gasteiger partial charge in [-0.15, -0.1) is 0 Å². The number of esters is 1. The van der Waals surface area contributed by atoms with Crippen molar-refractivity contribution in [3.05, 3.63) is 40.7 Å². The van der Waals surface area contributed by atoms with E-state index in [4.69, 9.17) is 14.2 Å².